The number of allylic oxidation sites excluding steroid dienone is 1. The number of aliphatic hydroxyl groups excluding tert-OH is 1. The van der Waals surface area contributed by atoms with E-state index in [1.54, 1.807) is 0 Å². The second kappa shape index (κ2) is 15.9. The molecule has 0 spiro atoms. The number of aromatic amines is 1. The molecule has 2 aliphatic heterocycles. The van der Waals surface area contributed by atoms with Crippen LogP contribution in [0.5, 0.6) is 0 Å². The third kappa shape index (κ3) is 7.20. The van der Waals surface area contributed by atoms with Crippen LogP contribution in [-0.4, -0.2) is 58.5 Å². The van der Waals surface area contributed by atoms with Crippen molar-refractivity contribution in [3.63, 3.8) is 0 Å². The molecule has 4 aliphatic carbocycles. The first-order valence-electron chi connectivity index (χ1n) is 19.4. The fourth-order valence-electron chi connectivity index (χ4n) is 12.0. The lowest BCUT2D eigenvalue weighted by Crippen LogP contribution is -2.56. The van der Waals surface area contributed by atoms with Crippen LogP contribution in [0.25, 0.3) is 10.9 Å². The highest BCUT2D eigenvalue weighted by Gasteiger charge is 2.61. The minimum Gasteiger partial charge on any atom is -0.372 e. The Labute approximate surface area is 319 Å². The SMILES string of the molecule is C#C.C#C.C=C(C)C.C=O.CC(C)(OCO)[C@@H]1CCC2C(CC[C@@]3(C)C2CCC2Cc4c([nH]c5ccc6c(c45)C[C@H]4[C@@H](C6=O)C(C)(C)OC4(C)C)C23)O1. The molecule has 53 heavy (non-hydrogen) atoms. The minimum atomic E-state index is -0.473. The van der Waals surface area contributed by atoms with Crippen molar-refractivity contribution in [1.29, 1.82) is 0 Å². The number of nitrogens with one attached hydrogen (secondary N) is 1. The van der Waals surface area contributed by atoms with Gasteiger partial charge in [0.25, 0.3) is 0 Å². The zero-order valence-electron chi connectivity index (χ0n) is 33.8. The first kappa shape index (κ1) is 42.5. The Hall–Kier alpha value is -3.20. The number of aliphatic hydroxyl groups is 1. The number of aromatic nitrogens is 1. The number of carbonyl (C=O) groups excluding carboxylic acids is 2. The summed E-state index contributed by atoms with van der Waals surface area (Å²) in [5.74, 6) is 2.84. The number of Topliss-reactive ketones (excluding diaryl/α,β-unsaturated/α-hetero) is 1. The zero-order valence-corrected chi connectivity index (χ0v) is 33.8. The third-order valence-electron chi connectivity index (χ3n) is 13.7. The fraction of sp³-hybridized carbons (Fsp3) is 0.652. The molecule has 4 fully saturated rings. The van der Waals surface area contributed by atoms with Gasteiger partial charge in [-0.3, -0.25) is 4.79 Å². The maximum absolute atomic E-state index is 14.1. The van der Waals surface area contributed by atoms with E-state index in [9.17, 15) is 9.90 Å². The molecule has 7 heteroatoms. The van der Waals surface area contributed by atoms with Crippen LogP contribution in [0.4, 0.5) is 0 Å². The number of ketones is 1. The van der Waals surface area contributed by atoms with Crippen molar-refractivity contribution < 1.29 is 28.9 Å². The smallest absolute Gasteiger partial charge is 0.169 e. The van der Waals surface area contributed by atoms with Crippen LogP contribution in [0, 0.1) is 60.7 Å². The molecule has 2 saturated carbocycles. The molecule has 0 amide bonds. The summed E-state index contributed by atoms with van der Waals surface area (Å²) in [7, 11) is 0. The molecule has 2 saturated heterocycles. The summed E-state index contributed by atoms with van der Waals surface area (Å²) >= 11 is 0. The van der Waals surface area contributed by atoms with Crippen molar-refractivity contribution in [1.82, 2.24) is 4.98 Å². The van der Waals surface area contributed by atoms with E-state index in [1.165, 1.54) is 59.0 Å². The molecule has 290 valence electrons. The minimum absolute atomic E-state index is 0.0303. The Morgan fingerprint density at radius 3 is 2.19 bits per heavy atom. The maximum Gasteiger partial charge on any atom is 0.169 e. The molecule has 8 rings (SSSR count). The second-order valence-corrected chi connectivity index (χ2v) is 18.2. The highest BCUT2D eigenvalue weighted by Crippen LogP contribution is 2.66. The average molecular weight is 728 g/mol. The summed E-state index contributed by atoms with van der Waals surface area (Å²) in [6.45, 7) is 24.5. The molecule has 1 aromatic heterocycles. The van der Waals surface area contributed by atoms with Crippen LogP contribution in [0.2, 0.25) is 0 Å². The van der Waals surface area contributed by atoms with Crippen LogP contribution in [0.3, 0.4) is 0 Å². The summed E-state index contributed by atoms with van der Waals surface area (Å²) in [5.41, 5.74) is 6.59. The van der Waals surface area contributed by atoms with Gasteiger partial charge in [-0.15, -0.1) is 32.3 Å². The lowest BCUT2D eigenvalue weighted by molar-refractivity contribution is -0.227. The van der Waals surface area contributed by atoms with Gasteiger partial charge in [-0.05, 0) is 153 Å². The van der Waals surface area contributed by atoms with Crippen LogP contribution in [0.1, 0.15) is 134 Å². The standard InChI is InChI=1S/C37H51NO5.C4H8.2C2H2.CH2O/c1-34(2)25-17-22-20(33(40)31(25)36(5,6)43-34)9-12-26-29(22)23-16-19-8-11-24-21-10-13-28(35(3,4)41-18-39)42-27(21)14-15-37(24,7)30(19)32(23)38-26;1-4(2)3;3*1-2/h9,12,19,21,24-25,27-28,30-31,38-39H,8,10-11,13-18H2,1-7H3;1H2,2-3H3;2*1-2H;1H2/t19?,21?,24?,25-,27?,28-,30?,31-,37-;;;;/m0..../s1. The average Bonchev–Trinajstić information content (AvgIpc) is 3.71. The number of rotatable bonds is 3. The van der Waals surface area contributed by atoms with Gasteiger partial charge >= 0.3 is 0 Å². The van der Waals surface area contributed by atoms with Crippen LogP contribution in [0.15, 0.2) is 24.3 Å². The highest BCUT2D eigenvalue weighted by molar-refractivity contribution is 6.06. The van der Waals surface area contributed by atoms with Gasteiger partial charge in [0.1, 0.15) is 13.6 Å². The number of hydrogen-bond donors (Lipinski definition) is 2. The van der Waals surface area contributed by atoms with Crippen molar-refractivity contribution in [2.45, 2.75) is 149 Å². The second-order valence-electron chi connectivity index (χ2n) is 18.2. The molecule has 2 N–H and O–H groups in total. The summed E-state index contributed by atoms with van der Waals surface area (Å²) in [6, 6.07) is 4.30. The number of ether oxygens (including phenoxy) is 3. The first-order chi connectivity index (χ1) is 25.0. The molecule has 7 nitrogen and oxygen atoms in total. The molecular formula is C46H65NO6. The van der Waals surface area contributed by atoms with Crippen LogP contribution in [-0.2, 0) is 31.8 Å². The van der Waals surface area contributed by atoms with E-state index in [-0.39, 0.29) is 47.6 Å². The van der Waals surface area contributed by atoms with Crippen LogP contribution < -0.4 is 0 Å². The van der Waals surface area contributed by atoms with Gasteiger partial charge < -0.3 is 29.1 Å². The number of hydrogen-bond acceptors (Lipinski definition) is 6. The molecule has 5 unspecified atom stereocenters. The van der Waals surface area contributed by atoms with Crippen molar-refractivity contribution in [2.75, 3.05) is 6.79 Å². The lowest BCUT2D eigenvalue weighted by atomic mass is 9.49. The van der Waals surface area contributed by atoms with Crippen molar-refractivity contribution >= 4 is 23.5 Å². The molecule has 0 radical (unpaired) electrons. The van der Waals surface area contributed by atoms with Gasteiger partial charge in [0, 0.05) is 34.0 Å². The number of benzene rings is 1. The van der Waals surface area contributed by atoms with E-state index < -0.39 is 11.2 Å². The van der Waals surface area contributed by atoms with E-state index in [0.29, 0.717) is 23.7 Å². The molecule has 1 aromatic carbocycles. The Balaban J connectivity index is 0.000000573. The number of H-pyrrole nitrogens is 1. The lowest BCUT2D eigenvalue weighted by Gasteiger charge is -2.59. The monoisotopic (exact) mass is 727 g/mol. The quantitative estimate of drug-likeness (QED) is 0.186. The topological polar surface area (TPSA) is 97.9 Å². The predicted octanol–water partition coefficient (Wildman–Crippen LogP) is 9.00. The van der Waals surface area contributed by atoms with E-state index in [0.717, 1.165) is 31.2 Å². The fourth-order valence-corrected chi connectivity index (χ4v) is 12.0. The van der Waals surface area contributed by atoms with E-state index in [2.05, 4.69) is 97.9 Å². The van der Waals surface area contributed by atoms with Crippen molar-refractivity contribution in [3.05, 3.63) is 46.7 Å². The summed E-state index contributed by atoms with van der Waals surface area (Å²) in [5, 5.41) is 10.8. The largest absolute Gasteiger partial charge is 0.372 e. The number of terminal acetylenes is 2. The normalized spacial score (nSPS) is 33.7. The van der Waals surface area contributed by atoms with Gasteiger partial charge in [-0.25, -0.2) is 0 Å². The molecule has 2 aromatic rings. The predicted molar refractivity (Wildman–Crippen MR) is 214 cm³/mol. The molecule has 9 atom stereocenters. The van der Waals surface area contributed by atoms with Gasteiger partial charge in [-0.2, -0.15) is 0 Å². The summed E-state index contributed by atoms with van der Waals surface area (Å²) < 4.78 is 19.0. The van der Waals surface area contributed by atoms with Gasteiger partial charge in [0.15, 0.2) is 5.78 Å². The molecule has 0 bridgehead atoms. The molecular weight excluding hydrogens is 663 g/mol. The van der Waals surface area contributed by atoms with Gasteiger partial charge in [-0.1, -0.05) is 12.5 Å². The molecule has 6 aliphatic rings. The zero-order chi connectivity index (χ0) is 39.8. The summed E-state index contributed by atoms with van der Waals surface area (Å²) in [6.07, 6.45) is 25.4. The number of fused-ring (bicyclic) bond motifs is 12. The van der Waals surface area contributed by atoms with Crippen LogP contribution >= 0.6 is 0 Å². The van der Waals surface area contributed by atoms with Gasteiger partial charge in [0.2, 0.25) is 0 Å². The first-order valence-corrected chi connectivity index (χ1v) is 19.4. The molecule has 3 heterocycles. The Bertz CT molecular complexity index is 1680. The highest BCUT2D eigenvalue weighted by atomic mass is 16.6. The Morgan fingerprint density at radius 2 is 1.57 bits per heavy atom. The van der Waals surface area contributed by atoms with Crippen molar-refractivity contribution in [2.24, 2.45) is 35.0 Å². The Morgan fingerprint density at radius 1 is 0.925 bits per heavy atom. The van der Waals surface area contributed by atoms with E-state index in [4.69, 9.17) is 19.0 Å². The van der Waals surface area contributed by atoms with E-state index >= 15 is 0 Å². The third-order valence-corrected chi connectivity index (χ3v) is 13.7. The Kier molecular flexibility index (Phi) is 12.7. The maximum atomic E-state index is 14.1. The summed E-state index contributed by atoms with van der Waals surface area (Å²) in [4.78, 5) is 26.1. The van der Waals surface area contributed by atoms with E-state index in [1.807, 2.05) is 20.6 Å². The van der Waals surface area contributed by atoms with Gasteiger partial charge in [0.05, 0.1) is 34.9 Å². The number of carbonyl (C=O) groups is 2. The van der Waals surface area contributed by atoms with Crippen molar-refractivity contribution in [3.8, 4) is 25.7 Å².